The van der Waals surface area contributed by atoms with Crippen LogP contribution in [-0.4, -0.2) is 24.7 Å². The Hall–Kier alpha value is -1.62. The lowest BCUT2D eigenvalue weighted by atomic mass is 10.1. The van der Waals surface area contributed by atoms with Gasteiger partial charge < -0.3 is 5.11 Å². The molecular weight excluding hydrogens is 180 g/mol. The summed E-state index contributed by atoms with van der Waals surface area (Å²) in [5.41, 5.74) is 2.59. The van der Waals surface area contributed by atoms with Gasteiger partial charge in [-0.25, -0.2) is 0 Å². The molecule has 5 heteroatoms. The van der Waals surface area contributed by atoms with Gasteiger partial charge >= 0.3 is 0 Å². The Bertz CT molecular complexity index is 443. The first kappa shape index (κ1) is 8.96. The summed E-state index contributed by atoms with van der Waals surface area (Å²) in [6, 6.07) is 0. The van der Waals surface area contributed by atoms with Crippen LogP contribution in [0, 0.1) is 0 Å². The van der Waals surface area contributed by atoms with Crippen LogP contribution in [0.25, 0.3) is 11.1 Å². The van der Waals surface area contributed by atoms with Crippen molar-refractivity contribution in [1.29, 1.82) is 0 Å². The van der Waals surface area contributed by atoms with Gasteiger partial charge in [-0.2, -0.15) is 10.2 Å². The van der Waals surface area contributed by atoms with Crippen molar-refractivity contribution in [3.8, 4) is 11.1 Å². The van der Waals surface area contributed by atoms with Gasteiger partial charge in [0.25, 0.3) is 0 Å². The number of rotatable bonds is 2. The SMILES string of the molecule is Cn1cc(-c2cn(C)nc2CO)cn1. The molecule has 2 heterocycles. The fraction of sp³-hybridized carbons (Fsp3) is 0.333. The summed E-state index contributed by atoms with van der Waals surface area (Å²) in [6.07, 6.45) is 5.54. The lowest BCUT2D eigenvalue weighted by Gasteiger charge is -1.93. The van der Waals surface area contributed by atoms with E-state index in [1.807, 2.05) is 26.5 Å². The van der Waals surface area contributed by atoms with Crippen molar-refractivity contribution >= 4 is 0 Å². The first-order valence-electron chi connectivity index (χ1n) is 4.33. The predicted molar refractivity (Wildman–Crippen MR) is 51.3 cm³/mol. The van der Waals surface area contributed by atoms with Crippen LogP contribution in [0.4, 0.5) is 0 Å². The summed E-state index contributed by atoms with van der Waals surface area (Å²) in [4.78, 5) is 0. The van der Waals surface area contributed by atoms with Crippen molar-refractivity contribution in [3.05, 3.63) is 24.3 Å². The van der Waals surface area contributed by atoms with Crippen LogP contribution < -0.4 is 0 Å². The van der Waals surface area contributed by atoms with E-state index in [-0.39, 0.29) is 6.61 Å². The van der Waals surface area contributed by atoms with E-state index >= 15 is 0 Å². The highest BCUT2D eigenvalue weighted by Crippen LogP contribution is 2.21. The minimum atomic E-state index is -0.0505. The Balaban J connectivity index is 2.49. The van der Waals surface area contributed by atoms with Crippen LogP contribution in [0.15, 0.2) is 18.6 Å². The summed E-state index contributed by atoms with van der Waals surface area (Å²) < 4.78 is 3.41. The van der Waals surface area contributed by atoms with E-state index in [9.17, 15) is 0 Å². The van der Waals surface area contributed by atoms with E-state index in [1.165, 1.54) is 0 Å². The third kappa shape index (κ3) is 1.42. The molecule has 0 saturated heterocycles. The molecule has 0 aliphatic rings. The van der Waals surface area contributed by atoms with Gasteiger partial charge in [0, 0.05) is 37.6 Å². The number of nitrogens with zero attached hydrogens (tertiary/aromatic N) is 4. The molecule has 74 valence electrons. The Morgan fingerprint density at radius 2 is 2.07 bits per heavy atom. The van der Waals surface area contributed by atoms with Crippen molar-refractivity contribution in [2.75, 3.05) is 0 Å². The highest BCUT2D eigenvalue weighted by Gasteiger charge is 2.09. The maximum atomic E-state index is 9.10. The molecule has 0 bridgehead atoms. The third-order valence-electron chi connectivity index (χ3n) is 2.07. The molecule has 0 spiro atoms. The van der Waals surface area contributed by atoms with E-state index < -0.39 is 0 Å². The van der Waals surface area contributed by atoms with E-state index in [1.54, 1.807) is 15.6 Å². The second-order valence-corrected chi connectivity index (χ2v) is 3.22. The van der Waals surface area contributed by atoms with Crippen LogP contribution >= 0.6 is 0 Å². The standard InChI is InChI=1S/C9H12N4O/c1-12-4-7(3-10-12)8-5-13(2)11-9(8)6-14/h3-5,14H,6H2,1-2H3. The molecule has 2 aromatic heterocycles. The molecule has 14 heavy (non-hydrogen) atoms. The molecule has 0 aliphatic carbocycles. The topological polar surface area (TPSA) is 55.9 Å². The second-order valence-electron chi connectivity index (χ2n) is 3.22. The summed E-state index contributed by atoms with van der Waals surface area (Å²) in [5, 5.41) is 17.3. The Morgan fingerprint density at radius 3 is 2.64 bits per heavy atom. The fourth-order valence-corrected chi connectivity index (χ4v) is 1.45. The smallest absolute Gasteiger partial charge is 0.0958 e. The first-order valence-corrected chi connectivity index (χ1v) is 4.33. The summed E-state index contributed by atoms with van der Waals surface area (Å²) in [7, 11) is 3.69. The summed E-state index contributed by atoms with van der Waals surface area (Å²) >= 11 is 0. The normalized spacial score (nSPS) is 10.8. The minimum absolute atomic E-state index is 0.0505. The monoisotopic (exact) mass is 192 g/mol. The number of aryl methyl sites for hydroxylation is 2. The van der Waals surface area contributed by atoms with Gasteiger partial charge in [0.1, 0.15) is 0 Å². The van der Waals surface area contributed by atoms with E-state index in [2.05, 4.69) is 10.2 Å². The molecule has 1 N–H and O–H groups in total. The molecule has 2 aromatic rings. The van der Waals surface area contributed by atoms with Crippen molar-refractivity contribution in [1.82, 2.24) is 19.6 Å². The highest BCUT2D eigenvalue weighted by atomic mass is 16.3. The molecule has 0 atom stereocenters. The summed E-state index contributed by atoms with van der Waals surface area (Å²) in [6.45, 7) is -0.0505. The summed E-state index contributed by atoms with van der Waals surface area (Å²) in [5.74, 6) is 0. The van der Waals surface area contributed by atoms with Gasteiger partial charge in [0.05, 0.1) is 18.5 Å². The maximum Gasteiger partial charge on any atom is 0.0958 e. The quantitative estimate of drug-likeness (QED) is 0.745. The third-order valence-corrected chi connectivity index (χ3v) is 2.07. The molecule has 0 unspecified atom stereocenters. The fourth-order valence-electron chi connectivity index (χ4n) is 1.45. The molecule has 0 amide bonds. The first-order chi connectivity index (χ1) is 6.70. The van der Waals surface area contributed by atoms with E-state index in [0.29, 0.717) is 5.69 Å². The number of aliphatic hydroxyl groups is 1. The lowest BCUT2D eigenvalue weighted by molar-refractivity contribution is 0.276. The highest BCUT2D eigenvalue weighted by molar-refractivity contribution is 5.63. The average molecular weight is 192 g/mol. The number of aromatic nitrogens is 4. The molecule has 0 radical (unpaired) electrons. The minimum Gasteiger partial charge on any atom is -0.390 e. The molecule has 5 nitrogen and oxygen atoms in total. The zero-order valence-electron chi connectivity index (χ0n) is 8.18. The van der Waals surface area contributed by atoms with Gasteiger partial charge in [-0.3, -0.25) is 9.36 Å². The van der Waals surface area contributed by atoms with E-state index in [4.69, 9.17) is 5.11 Å². The van der Waals surface area contributed by atoms with Crippen LogP contribution in [0.1, 0.15) is 5.69 Å². The van der Waals surface area contributed by atoms with Crippen LogP contribution in [0.2, 0.25) is 0 Å². The zero-order valence-corrected chi connectivity index (χ0v) is 8.18. The van der Waals surface area contributed by atoms with Crippen LogP contribution in [-0.2, 0) is 20.7 Å². The number of hydrogen-bond acceptors (Lipinski definition) is 3. The van der Waals surface area contributed by atoms with Crippen LogP contribution in [0.3, 0.4) is 0 Å². The second kappa shape index (κ2) is 3.26. The van der Waals surface area contributed by atoms with Gasteiger partial charge in [0.15, 0.2) is 0 Å². The molecule has 0 aromatic carbocycles. The Morgan fingerprint density at radius 1 is 1.29 bits per heavy atom. The van der Waals surface area contributed by atoms with Crippen molar-refractivity contribution in [2.45, 2.75) is 6.61 Å². The van der Waals surface area contributed by atoms with Crippen molar-refractivity contribution in [2.24, 2.45) is 14.1 Å². The lowest BCUT2D eigenvalue weighted by Crippen LogP contribution is -1.90. The Kier molecular flexibility index (Phi) is 2.09. The van der Waals surface area contributed by atoms with Crippen LogP contribution in [0.5, 0.6) is 0 Å². The van der Waals surface area contributed by atoms with Gasteiger partial charge in [-0.05, 0) is 0 Å². The van der Waals surface area contributed by atoms with Gasteiger partial charge in [-0.15, -0.1) is 0 Å². The zero-order chi connectivity index (χ0) is 10.1. The van der Waals surface area contributed by atoms with Gasteiger partial charge in [-0.1, -0.05) is 0 Å². The molecule has 0 saturated carbocycles. The van der Waals surface area contributed by atoms with Crippen molar-refractivity contribution < 1.29 is 5.11 Å². The molecule has 0 aliphatic heterocycles. The van der Waals surface area contributed by atoms with Crippen molar-refractivity contribution in [3.63, 3.8) is 0 Å². The largest absolute Gasteiger partial charge is 0.390 e. The average Bonchev–Trinajstić information content (AvgIpc) is 2.71. The van der Waals surface area contributed by atoms with Gasteiger partial charge in [0.2, 0.25) is 0 Å². The number of aliphatic hydroxyl groups excluding tert-OH is 1. The molecule has 0 fully saturated rings. The Labute approximate surface area is 81.6 Å². The van der Waals surface area contributed by atoms with E-state index in [0.717, 1.165) is 11.1 Å². The number of hydrogen-bond donors (Lipinski definition) is 1. The maximum absolute atomic E-state index is 9.10. The molecule has 2 rings (SSSR count). The molecular formula is C9H12N4O. The predicted octanol–water partition coefficient (Wildman–Crippen LogP) is 0.313.